The average molecular weight is 401 g/mol. The number of para-hydroxylation sites is 1. The second-order valence-electron chi connectivity index (χ2n) is 6.69. The first kappa shape index (κ1) is 19.7. The molecule has 0 saturated carbocycles. The van der Waals surface area contributed by atoms with E-state index in [4.69, 9.17) is 0 Å². The van der Waals surface area contributed by atoms with Gasteiger partial charge in [0.1, 0.15) is 17.3 Å². The Labute approximate surface area is 163 Å². The largest absolute Gasteiger partial charge is 0.508 e. The van der Waals surface area contributed by atoms with E-state index < -0.39 is 15.8 Å². The Balaban J connectivity index is 2.08. The number of aromatic hydroxyl groups is 2. The molecule has 0 amide bonds. The fourth-order valence-corrected chi connectivity index (χ4v) is 3.98. The Morgan fingerprint density at radius 3 is 2.18 bits per heavy atom. The summed E-state index contributed by atoms with van der Waals surface area (Å²) >= 11 is 0. The van der Waals surface area contributed by atoms with Crippen molar-refractivity contribution in [1.29, 1.82) is 0 Å². The Morgan fingerprint density at radius 1 is 0.893 bits per heavy atom. The molecule has 0 aromatic heterocycles. The van der Waals surface area contributed by atoms with Gasteiger partial charge in [0.2, 0.25) is 0 Å². The van der Waals surface area contributed by atoms with E-state index in [1.165, 1.54) is 18.2 Å². The maximum absolute atomic E-state index is 13.1. The predicted octanol–water partition coefficient (Wildman–Crippen LogP) is 4.83. The first-order chi connectivity index (χ1) is 13.2. The molecule has 0 heterocycles. The van der Waals surface area contributed by atoms with Gasteiger partial charge in [0.05, 0.1) is 10.6 Å². The summed E-state index contributed by atoms with van der Waals surface area (Å²) < 4.78 is 40.9. The molecule has 28 heavy (non-hydrogen) atoms. The van der Waals surface area contributed by atoms with E-state index in [0.29, 0.717) is 16.7 Å². The van der Waals surface area contributed by atoms with Crippen LogP contribution in [-0.2, 0) is 10.0 Å². The summed E-state index contributed by atoms with van der Waals surface area (Å²) in [4.78, 5) is -0.0819. The van der Waals surface area contributed by atoms with E-state index in [2.05, 4.69) is 4.72 Å². The lowest BCUT2D eigenvalue weighted by Gasteiger charge is -2.16. The number of hydrogen-bond donors (Lipinski definition) is 3. The van der Waals surface area contributed by atoms with Gasteiger partial charge < -0.3 is 10.2 Å². The number of phenols is 2. The minimum Gasteiger partial charge on any atom is -0.508 e. The normalized spacial score (nSPS) is 11.6. The van der Waals surface area contributed by atoms with Gasteiger partial charge >= 0.3 is 0 Å². The van der Waals surface area contributed by atoms with Crippen LogP contribution in [0.2, 0.25) is 0 Å². The van der Waals surface area contributed by atoms with E-state index in [-0.39, 0.29) is 28.0 Å². The number of nitrogens with one attached hydrogen (secondary N) is 1. The topological polar surface area (TPSA) is 86.6 Å². The third-order valence-electron chi connectivity index (χ3n) is 4.35. The van der Waals surface area contributed by atoms with Crippen molar-refractivity contribution in [3.63, 3.8) is 0 Å². The lowest BCUT2D eigenvalue weighted by Crippen LogP contribution is -2.13. The standard InChI is InChI=1S/C21H20FNO4S/c1-13(2)17-11-18(21(25)12-20(17)24)16-5-3-4-6-19(16)23-28(26,27)15-9-7-14(22)8-10-15/h3-13,23-25H,1-2H3. The number of sulfonamides is 1. The molecule has 3 rings (SSSR count). The number of rotatable bonds is 5. The highest BCUT2D eigenvalue weighted by Crippen LogP contribution is 2.40. The van der Waals surface area contributed by atoms with Gasteiger partial charge in [-0.25, -0.2) is 12.8 Å². The molecule has 0 radical (unpaired) electrons. The van der Waals surface area contributed by atoms with Crippen LogP contribution < -0.4 is 4.72 Å². The van der Waals surface area contributed by atoms with Crippen molar-refractivity contribution >= 4 is 15.7 Å². The number of anilines is 1. The van der Waals surface area contributed by atoms with Gasteiger partial charge in [-0.1, -0.05) is 32.0 Å². The fraction of sp³-hybridized carbons (Fsp3) is 0.143. The Bertz CT molecular complexity index is 1110. The molecule has 0 spiro atoms. The van der Waals surface area contributed by atoms with Crippen molar-refractivity contribution < 1.29 is 23.0 Å². The van der Waals surface area contributed by atoms with Crippen LogP contribution in [0.4, 0.5) is 10.1 Å². The highest BCUT2D eigenvalue weighted by Gasteiger charge is 2.19. The van der Waals surface area contributed by atoms with Crippen molar-refractivity contribution in [3.05, 3.63) is 72.0 Å². The molecule has 0 aliphatic heterocycles. The van der Waals surface area contributed by atoms with Crippen molar-refractivity contribution in [3.8, 4) is 22.6 Å². The van der Waals surface area contributed by atoms with Crippen molar-refractivity contribution in [2.45, 2.75) is 24.7 Å². The van der Waals surface area contributed by atoms with Crippen LogP contribution in [0.1, 0.15) is 25.3 Å². The van der Waals surface area contributed by atoms with Crippen molar-refractivity contribution in [2.24, 2.45) is 0 Å². The van der Waals surface area contributed by atoms with Crippen molar-refractivity contribution in [1.82, 2.24) is 0 Å². The number of halogens is 1. The Morgan fingerprint density at radius 2 is 1.54 bits per heavy atom. The van der Waals surface area contributed by atoms with E-state index in [1.807, 2.05) is 13.8 Å². The SMILES string of the molecule is CC(C)c1cc(-c2ccccc2NS(=O)(=O)c2ccc(F)cc2)c(O)cc1O. The highest BCUT2D eigenvalue weighted by molar-refractivity contribution is 7.92. The molecular formula is C21H20FNO4S. The first-order valence-electron chi connectivity index (χ1n) is 8.62. The summed E-state index contributed by atoms with van der Waals surface area (Å²) in [6, 6.07) is 14.0. The van der Waals surface area contributed by atoms with Crippen LogP contribution in [0.3, 0.4) is 0 Å². The lowest BCUT2D eigenvalue weighted by atomic mass is 9.95. The zero-order valence-corrected chi connectivity index (χ0v) is 16.2. The van der Waals surface area contributed by atoms with Crippen LogP contribution in [0.25, 0.3) is 11.1 Å². The first-order valence-corrected chi connectivity index (χ1v) is 10.1. The summed E-state index contributed by atoms with van der Waals surface area (Å²) in [7, 11) is -3.96. The third-order valence-corrected chi connectivity index (χ3v) is 5.73. The number of phenolic OH excluding ortho intramolecular Hbond substituents is 2. The van der Waals surface area contributed by atoms with Crippen LogP contribution >= 0.6 is 0 Å². The van der Waals surface area contributed by atoms with Gasteiger partial charge in [-0.3, -0.25) is 4.72 Å². The van der Waals surface area contributed by atoms with Gasteiger partial charge in [0.25, 0.3) is 10.0 Å². The molecule has 0 bridgehead atoms. The predicted molar refractivity (Wildman–Crippen MR) is 107 cm³/mol. The van der Waals surface area contributed by atoms with Crippen molar-refractivity contribution in [2.75, 3.05) is 4.72 Å². The molecule has 0 aliphatic rings. The fourth-order valence-electron chi connectivity index (χ4n) is 2.90. The molecule has 5 nitrogen and oxygen atoms in total. The maximum atomic E-state index is 13.1. The molecule has 3 aromatic rings. The third kappa shape index (κ3) is 3.94. The van der Waals surface area contributed by atoms with Gasteiger partial charge in [0, 0.05) is 17.2 Å². The van der Waals surface area contributed by atoms with E-state index in [1.54, 1.807) is 30.3 Å². The summed E-state index contributed by atoms with van der Waals surface area (Å²) in [5.41, 5.74) is 1.72. The van der Waals surface area contributed by atoms with E-state index in [0.717, 1.165) is 12.1 Å². The molecule has 146 valence electrons. The van der Waals surface area contributed by atoms with Crippen LogP contribution in [-0.4, -0.2) is 18.6 Å². The van der Waals surface area contributed by atoms with Gasteiger partial charge in [0.15, 0.2) is 0 Å². The highest BCUT2D eigenvalue weighted by atomic mass is 32.2. The summed E-state index contributed by atoms with van der Waals surface area (Å²) in [5, 5.41) is 20.4. The molecule has 0 saturated heterocycles. The summed E-state index contributed by atoms with van der Waals surface area (Å²) in [6.07, 6.45) is 0. The molecular weight excluding hydrogens is 381 g/mol. The molecule has 3 N–H and O–H groups in total. The molecule has 0 unspecified atom stereocenters. The smallest absolute Gasteiger partial charge is 0.261 e. The lowest BCUT2D eigenvalue weighted by molar-refractivity contribution is 0.445. The zero-order valence-electron chi connectivity index (χ0n) is 15.3. The van der Waals surface area contributed by atoms with Crippen LogP contribution in [0.15, 0.2) is 65.6 Å². The second kappa shape index (κ2) is 7.52. The Hall–Kier alpha value is -3.06. The maximum Gasteiger partial charge on any atom is 0.261 e. The van der Waals surface area contributed by atoms with E-state index >= 15 is 0 Å². The second-order valence-corrected chi connectivity index (χ2v) is 8.37. The quantitative estimate of drug-likeness (QED) is 0.572. The van der Waals surface area contributed by atoms with Gasteiger partial charge in [-0.2, -0.15) is 0 Å². The van der Waals surface area contributed by atoms with Gasteiger partial charge in [-0.05, 0) is 47.9 Å². The molecule has 3 aromatic carbocycles. The average Bonchev–Trinajstić information content (AvgIpc) is 2.62. The van der Waals surface area contributed by atoms with Gasteiger partial charge in [-0.15, -0.1) is 0 Å². The molecule has 0 aliphatic carbocycles. The zero-order chi connectivity index (χ0) is 20.5. The van der Waals surface area contributed by atoms with Crippen LogP contribution in [0, 0.1) is 5.82 Å². The van der Waals surface area contributed by atoms with E-state index in [9.17, 15) is 23.0 Å². The number of benzene rings is 3. The molecule has 7 heteroatoms. The minimum atomic E-state index is -3.96. The minimum absolute atomic E-state index is 0.00224. The Kier molecular flexibility index (Phi) is 5.29. The summed E-state index contributed by atoms with van der Waals surface area (Å²) in [6.45, 7) is 3.80. The molecule has 0 atom stereocenters. The van der Waals surface area contributed by atoms with Crippen LogP contribution in [0.5, 0.6) is 11.5 Å². The summed E-state index contributed by atoms with van der Waals surface area (Å²) in [5.74, 6) is -0.729. The number of hydrogen-bond acceptors (Lipinski definition) is 4. The molecule has 0 fully saturated rings. The monoisotopic (exact) mass is 401 g/mol.